The zero-order chi connectivity index (χ0) is 28.1. The van der Waals surface area contributed by atoms with Crippen LogP contribution in [0.2, 0.25) is 0 Å². The van der Waals surface area contributed by atoms with Crippen molar-refractivity contribution < 1.29 is 33.6 Å². The van der Waals surface area contributed by atoms with Crippen molar-refractivity contribution in [1.29, 1.82) is 0 Å². The van der Waals surface area contributed by atoms with Crippen LogP contribution in [0.1, 0.15) is 29.7 Å². The summed E-state index contributed by atoms with van der Waals surface area (Å²) in [4.78, 5) is 28.4. The Bertz CT molecular complexity index is 1450. The monoisotopic (exact) mass is 541 g/mol. The Labute approximate surface area is 233 Å². The lowest BCUT2D eigenvalue weighted by Gasteiger charge is -2.26. The van der Waals surface area contributed by atoms with Gasteiger partial charge in [0.05, 0.1) is 18.2 Å². The number of ether oxygens (including phenoxy) is 4. The van der Waals surface area contributed by atoms with Crippen molar-refractivity contribution in [3.8, 4) is 23.0 Å². The fraction of sp³-hybridized carbons (Fsp3) is 0.250. The van der Waals surface area contributed by atoms with Gasteiger partial charge < -0.3 is 29.0 Å². The third-order valence-electron chi connectivity index (χ3n) is 6.78. The summed E-state index contributed by atoms with van der Waals surface area (Å²) in [6.07, 6.45) is 2.17. The molecule has 0 unspecified atom stereocenters. The van der Waals surface area contributed by atoms with Crippen molar-refractivity contribution >= 4 is 17.4 Å². The van der Waals surface area contributed by atoms with Gasteiger partial charge in [-0.2, -0.15) is 0 Å². The Morgan fingerprint density at radius 2 is 1.77 bits per heavy atom. The average Bonchev–Trinajstić information content (AvgIpc) is 3.24. The molecule has 0 bridgehead atoms. The van der Waals surface area contributed by atoms with Crippen LogP contribution in [0.15, 0.2) is 85.0 Å². The highest BCUT2D eigenvalue weighted by atomic mass is 16.6. The van der Waals surface area contributed by atoms with Crippen LogP contribution >= 0.6 is 0 Å². The van der Waals surface area contributed by atoms with Gasteiger partial charge in [-0.05, 0) is 54.8 Å². The Kier molecular flexibility index (Phi) is 8.05. The Morgan fingerprint density at radius 1 is 1.00 bits per heavy atom. The highest BCUT2D eigenvalue weighted by Gasteiger charge is 2.46. The fourth-order valence-corrected chi connectivity index (χ4v) is 4.93. The van der Waals surface area contributed by atoms with Crippen molar-refractivity contribution in [2.75, 3.05) is 33.0 Å². The third kappa shape index (κ3) is 5.38. The first kappa shape index (κ1) is 26.9. The number of likely N-dealkylation sites (tertiary alicyclic amines) is 1. The zero-order valence-corrected chi connectivity index (χ0v) is 22.3. The van der Waals surface area contributed by atoms with Gasteiger partial charge in [-0.1, -0.05) is 49.1 Å². The van der Waals surface area contributed by atoms with Gasteiger partial charge in [-0.3, -0.25) is 9.59 Å². The fourth-order valence-electron chi connectivity index (χ4n) is 4.93. The van der Waals surface area contributed by atoms with Gasteiger partial charge in [-0.15, -0.1) is 0 Å². The minimum atomic E-state index is -0.843. The minimum absolute atomic E-state index is 0.00283. The largest absolute Gasteiger partial charge is 0.507 e. The van der Waals surface area contributed by atoms with Gasteiger partial charge in [0.25, 0.3) is 11.7 Å². The van der Waals surface area contributed by atoms with Gasteiger partial charge in [0.1, 0.15) is 25.6 Å². The quantitative estimate of drug-likeness (QED) is 0.165. The second-order valence-corrected chi connectivity index (χ2v) is 9.33. The normalized spacial score (nSPS) is 17.5. The summed E-state index contributed by atoms with van der Waals surface area (Å²) in [6.45, 7) is 7.31. The van der Waals surface area contributed by atoms with Gasteiger partial charge >= 0.3 is 0 Å². The van der Waals surface area contributed by atoms with Crippen LogP contribution in [0.5, 0.6) is 23.0 Å². The van der Waals surface area contributed by atoms with Crippen LogP contribution in [0, 0.1) is 0 Å². The molecule has 1 amide bonds. The lowest BCUT2D eigenvalue weighted by molar-refractivity contribution is -0.139. The molecule has 3 aromatic rings. The summed E-state index contributed by atoms with van der Waals surface area (Å²) in [7, 11) is 0. The van der Waals surface area contributed by atoms with E-state index in [0.717, 1.165) is 5.56 Å². The van der Waals surface area contributed by atoms with E-state index < -0.39 is 17.7 Å². The number of fused-ring (bicyclic) bond motifs is 1. The van der Waals surface area contributed by atoms with Gasteiger partial charge in [0.2, 0.25) is 0 Å². The number of amides is 1. The number of aliphatic hydroxyl groups is 1. The number of carbonyl (C=O) groups is 2. The average molecular weight is 542 g/mol. The van der Waals surface area contributed by atoms with Crippen molar-refractivity contribution in [2.45, 2.75) is 19.4 Å². The molecule has 3 aromatic carbocycles. The summed E-state index contributed by atoms with van der Waals surface area (Å²) >= 11 is 0. The molecule has 0 radical (unpaired) electrons. The maximum Gasteiger partial charge on any atom is 0.295 e. The van der Waals surface area contributed by atoms with E-state index in [4.69, 9.17) is 18.9 Å². The molecule has 1 atom stereocenters. The maximum absolute atomic E-state index is 13.5. The van der Waals surface area contributed by atoms with E-state index in [-0.39, 0.29) is 17.9 Å². The lowest BCUT2D eigenvalue weighted by atomic mass is 9.94. The molecule has 8 nitrogen and oxygen atoms in total. The predicted molar refractivity (Wildman–Crippen MR) is 150 cm³/mol. The van der Waals surface area contributed by atoms with E-state index >= 15 is 0 Å². The number of hydrogen-bond acceptors (Lipinski definition) is 7. The standard InChI is InChI=1S/C32H31NO7/c1-3-16-38-24-12-10-22(19-26(24)37-4-2)29-28(30(34)23-11-13-25-27(20-23)40-18-17-39-25)31(35)32(36)33(29)15-14-21-8-6-5-7-9-21/h3,5-13,19-20,29,34H,1,4,14-18H2,2H3/t29-/m1/s1. The second-order valence-electron chi connectivity index (χ2n) is 9.33. The number of carbonyl (C=O) groups excluding carboxylic acids is 2. The van der Waals surface area contributed by atoms with Crippen LogP contribution in [0.3, 0.4) is 0 Å². The molecule has 1 saturated heterocycles. The first-order chi connectivity index (χ1) is 19.5. The number of aliphatic hydroxyl groups excluding tert-OH is 1. The first-order valence-electron chi connectivity index (χ1n) is 13.2. The van der Waals surface area contributed by atoms with E-state index in [1.807, 2.05) is 37.3 Å². The molecule has 2 aliphatic rings. The van der Waals surface area contributed by atoms with E-state index in [2.05, 4.69) is 6.58 Å². The zero-order valence-electron chi connectivity index (χ0n) is 22.3. The highest BCUT2D eigenvalue weighted by Crippen LogP contribution is 2.43. The Hall–Kier alpha value is -4.72. The molecule has 40 heavy (non-hydrogen) atoms. The Morgan fingerprint density at radius 3 is 2.52 bits per heavy atom. The van der Waals surface area contributed by atoms with E-state index in [0.29, 0.717) is 67.0 Å². The van der Waals surface area contributed by atoms with Crippen LogP contribution in [0.25, 0.3) is 5.76 Å². The molecule has 2 heterocycles. The maximum atomic E-state index is 13.5. The molecule has 1 N–H and O–H groups in total. The molecule has 5 rings (SSSR count). The number of rotatable bonds is 10. The summed E-state index contributed by atoms with van der Waals surface area (Å²) in [5.74, 6) is 0.285. The van der Waals surface area contributed by atoms with Crippen LogP contribution in [0.4, 0.5) is 0 Å². The molecule has 2 aliphatic heterocycles. The van der Waals surface area contributed by atoms with Crippen molar-refractivity contribution in [2.24, 2.45) is 0 Å². The number of benzene rings is 3. The van der Waals surface area contributed by atoms with E-state index in [9.17, 15) is 14.7 Å². The topological polar surface area (TPSA) is 94.5 Å². The molecule has 0 aromatic heterocycles. The molecular weight excluding hydrogens is 510 g/mol. The number of Topliss-reactive ketones (excluding diaryl/α,β-unsaturated/α-hetero) is 1. The van der Waals surface area contributed by atoms with Gasteiger partial charge in [0, 0.05) is 12.1 Å². The molecule has 0 aliphatic carbocycles. The SMILES string of the molecule is C=CCOc1ccc([C@@H]2C(=C(O)c3ccc4c(c3)OCCO4)C(=O)C(=O)N2CCc2ccccc2)cc1OCC. The molecular formula is C32H31NO7. The van der Waals surface area contributed by atoms with Crippen molar-refractivity contribution in [3.63, 3.8) is 0 Å². The second kappa shape index (κ2) is 12.0. The number of ketones is 1. The smallest absolute Gasteiger partial charge is 0.295 e. The number of nitrogens with zero attached hydrogens (tertiary/aromatic N) is 1. The predicted octanol–water partition coefficient (Wildman–Crippen LogP) is 5.09. The van der Waals surface area contributed by atoms with Crippen LogP contribution in [-0.2, 0) is 16.0 Å². The third-order valence-corrected chi connectivity index (χ3v) is 6.78. The van der Waals surface area contributed by atoms with Gasteiger partial charge in [-0.25, -0.2) is 0 Å². The molecule has 206 valence electrons. The van der Waals surface area contributed by atoms with E-state index in [1.54, 1.807) is 42.5 Å². The summed E-state index contributed by atoms with van der Waals surface area (Å²) in [6, 6.07) is 19.1. The summed E-state index contributed by atoms with van der Waals surface area (Å²) in [5, 5.41) is 11.5. The molecule has 0 saturated carbocycles. The van der Waals surface area contributed by atoms with E-state index in [1.165, 1.54) is 4.90 Å². The van der Waals surface area contributed by atoms with Crippen molar-refractivity contribution in [3.05, 3.63) is 102 Å². The summed E-state index contributed by atoms with van der Waals surface area (Å²) < 4.78 is 22.9. The molecule has 1 fully saturated rings. The van der Waals surface area contributed by atoms with Crippen LogP contribution in [-0.4, -0.2) is 54.7 Å². The lowest BCUT2D eigenvalue weighted by Crippen LogP contribution is -2.31. The number of hydrogen-bond donors (Lipinski definition) is 1. The molecule has 8 heteroatoms. The van der Waals surface area contributed by atoms with Crippen LogP contribution < -0.4 is 18.9 Å². The highest BCUT2D eigenvalue weighted by molar-refractivity contribution is 6.46. The minimum Gasteiger partial charge on any atom is -0.507 e. The summed E-state index contributed by atoms with van der Waals surface area (Å²) in [5.41, 5.74) is 1.99. The Balaban J connectivity index is 1.60. The van der Waals surface area contributed by atoms with Crippen molar-refractivity contribution in [1.82, 2.24) is 4.90 Å². The molecule has 0 spiro atoms. The first-order valence-corrected chi connectivity index (χ1v) is 13.2. The van der Waals surface area contributed by atoms with Gasteiger partial charge in [0.15, 0.2) is 23.0 Å².